The van der Waals surface area contributed by atoms with Crippen molar-refractivity contribution in [2.75, 3.05) is 6.54 Å². The molecule has 1 aromatic rings. The van der Waals surface area contributed by atoms with E-state index < -0.39 is 17.3 Å². The predicted octanol–water partition coefficient (Wildman–Crippen LogP) is 3.32. The van der Waals surface area contributed by atoms with Crippen LogP contribution in [0, 0.1) is 0 Å². The van der Waals surface area contributed by atoms with Gasteiger partial charge in [0.25, 0.3) is 0 Å². The molecule has 0 saturated heterocycles. The average molecular weight is 329 g/mol. The predicted molar refractivity (Wildman–Crippen MR) is 83.6 cm³/mol. The fourth-order valence-electron chi connectivity index (χ4n) is 2.23. The Kier molecular flexibility index (Phi) is 4.77. The summed E-state index contributed by atoms with van der Waals surface area (Å²) in [6, 6.07) is 4.25. The largest absolute Gasteiger partial charge is 0.488 e. The van der Waals surface area contributed by atoms with Crippen LogP contribution in [0.5, 0.6) is 5.75 Å². The number of benzene rings is 1. The van der Waals surface area contributed by atoms with Crippen molar-refractivity contribution in [3.05, 3.63) is 29.3 Å². The number of alkyl halides is 3. The summed E-state index contributed by atoms with van der Waals surface area (Å²) in [6.45, 7) is 8.00. The van der Waals surface area contributed by atoms with E-state index in [9.17, 15) is 13.2 Å². The Bertz CT molecular complexity index is 591. The van der Waals surface area contributed by atoms with E-state index in [0.717, 1.165) is 6.07 Å². The van der Waals surface area contributed by atoms with Gasteiger partial charge in [-0.05, 0) is 45.4 Å². The first-order chi connectivity index (χ1) is 10.5. The molecule has 0 bridgehead atoms. The van der Waals surface area contributed by atoms with Gasteiger partial charge in [-0.3, -0.25) is 4.99 Å². The van der Waals surface area contributed by atoms with Gasteiger partial charge in [-0.15, -0.1) is 0 Å². The summed E-state index contributed by atoms with van der Waals surface area (Å²) >= 11 is 0. The Balaban J connectivity index is 2.18. The zero-order valence-electron chi connectivity index (χ0n) is 13.7. The topological polar surface area (TPSA) is 45.7 Å². The molecule has 0 aromatic heterocycles. The second-order valence-corrected chi connectivity index (χ2v) is 6.62. The lowest BCUT2D eigenvalue weighted by Crippen LogP contribution is -2.37. The van der Waals surface area contributed by atoms with E-state index in [1.165, 1.54) is 6.07 Å². The molecule has 0 radical (unpaired) electrons. The van der Waals surface area contributed by atoms with Crippen LogP contribution in [0.3, 0.4) is 0 Å². The molecule has 0 fully saturated rings. The molecule has 0 saturated carbocycles. The highest BCUT2D eigenvalue weighted by molar-refractivity contribution is 5.81. The lowest BCUT2D eigenvalue weighted by Gasteiger charge is -2.23. The van der Waals surface area contributed by atoms with Crippen molar-refractivity contribution in [2.24, 2.45) is 4.99 Å². The van der Waals surface area contributed by atoms with Crippen LogP contribution in [0.25, 0.3) is 0 Å². The molecule has 0 amide bonds. The molecule has 1 aliphatic heterocycles. The minimum Gasteiger partial charge on any atom is -0.488 e. The number of hydrogen-bond acceptors (Lipinski definition) is 4. The number of aliphatic imine (C=N–C) groups is 1. The van der Waals surface area contributed by atoms with E-state index in [1.54, 1.807) is 26.8 Å². The highest BCUT2D eigenvalue weighted by Gasteiger charge is 2.34. The Morgan fingerprint density at radius 2 is 2.00 bits per heavy atom. The van der Waals surface area contributed by atoms with Crippen molar-refractivity contribution in [3.8, 4) is 5.75 Å². The number of ether oxygens (including phenoxy) is 1. The van der Waals surface area contributed by atoms with Crippen molar-refractivity contribution in [3.63, 3.8) is 0 Å². The van der Waals surface area contributed by atoms with Gasteiger partial charge in [0.05, 0.1) is 12.1 Å². The van der Waals surface area contributed by atoms with Gasteiger partial charge in [0, 0.05) is 12.6 Å². The van der Waals surface area contributed by atoms with Crippen LogP contribution in [0.15, 0.2) is 23.2 Å². The van der Waals surface area contributed by atoms with Gasteiger partial charge in [-0.25, -0.2) is 0 Å². The van der Waals surface area contributed by atoms with Crippen LogP contribution in [-0.4, -0.2) is 24.1 Å². The van der Waals surface area contributed by atoms with Crippen LogP contribution in [0.1, 0.15) is 38.8 Å². The minimum absolute atomic E-state index is 0.0448. The Labute approximate surface area is 134 Å². The molecule has 4 nitrogen and oxygen atoms in total. The summed E-state index contributed by atoms with van der Waals surface area (Å²) in [7, 11) is 0. The van der Waals surface area contributed by atoms with Gasteiger partial charge in [-0.2, -0.15) is 13.2 Å². The van der Waals surface area contributed by atoms with E-state index in [2.05, 4.69) is 15.6 Å². The highest BCUT2D eigenvalue weighted by atomic mass is 19.4. The zero-order chi connectivity index (χ0) is 17.3. The third-order valence-corrected chi connectivity index (χ3v) is 3.16. The number of nitrogens with zero attached hydrogens (tertiary/aromatic N) is 1. The molecule has 1 atom stereocenters. The van der Waals surface area contributed by atoms with Crippen molar-refractivity contribution in [1.29, 1.82) is 0 Å². The number of hydrogen-bond donors (Lipinski definition) is 2. The normalized spacial score (nSPS) is 18.4. The molecular formula is C16H22F3N3O. The molecule has 128 valence electrons. The van der Waals surface area contributed by atoms with Crippen LogP contribution in [-0.2, 0) is 12.7 Å². The second-order valence-electron chi connectivity index (χ2n) is 6.62. The summed E-state index contributed by atoms with van der Waals surface area (Å²) < 4.78 is 45.4. The Morgan fingerprint density at radius 3 is 2.52 bits per heavy atom. The molecule has 7 heteroatoms. The molecule has 0 aliphatic carbocycles. The standard InChI is InChI=1S/C16H22F3N3O/c1-10-8-20-14(22-10)21-9-11-5-6-12(23-15(2,3)4)7-13(11)16(17,18)19/h5-7,10H,8-9H2,1-4H3,(H2,20,21,22). The van der Waals surface area contributed by atoms with Crippen molar-refractivity contribution in [1.82, 2.24) is 10.6 Å². The number of nitrogens with one attached hydrogen (secondary N) is 2. The summed E-state index contributed by atoms with van der Waals surface area (Å²) in [5.74, 6) is 0.735. The Hall–Kier alpha value is -1.92. The molecule has 1 heterocycles. The number of halogens is 3. The minimum atomic E-state index is -4.44. The van der Waals surface area contributed by atoms with Gasteiger partial charge >= 0.3 is 6.18 Å². The van der Waals surface area contributed by atoms with Crippen molar-refractivity contribution < 1.29 is 17.9 Å². The second kappa shape index (κ2) is 6.29. The van der Waals surface area contributed by atoms with E-state index >= 15 is 0 Å². The molecular weight excluding hydrogens is 307 g/mol. The smallest absolute Gasteiger partial charge is 0.416 e. The van der Waals surface area contributed by atoms with Crippen LogP contribution in [0.4, 0.5) is 13.2 Å². The average Bonchev–Trinajstić information content (AvgIpc) is 2.80. The van der Waals surface area contributed by atoms with E-state index in [4.69, 9.17) is 4.74 Å². The number of rotatable bonds is 3. The van der Waals surface area contributed by atoms with Gasteiger partial charge in [0.15, 0.2) is 5.96 Å². The molecule has 23 heavy (non-hydrogen) atoms. The molecule has 1 unspecified atom stereocenters. The first kappa shape index (κ1) is 17.4. The lowest BCUT2D eigenvalue weighted by molar-refractivity contribution is -0.138. The van der Waals surface area contributed by atoms with Gasteiger partial charge in [0.2, 0.25) is 0 Å². The maximum atomic E-state index is 13.3. The third kappa shape index (κ3) is 5.04. The summed E-state index contributed by atoms with van der Waals surface area (Å²) in [6.07, 6.45) is -4.44. The zero-order valence-corrected chi connectivity index (χ0v) is 13.7. The first-order valence-electron chi connectivity index (χ1n) is 7.48. The van der Waals surface area contributed by atoms with Gasteiger partial charge < -0.3 is 15.4 Å². The van der Waals surface area contributed by atoms with E-state index in [-0.39, 0.29) is 23.9 Å². The van der Waals surface area contributed by atoms with Crippen LogP contribution >= 0.6 is 0 Å². The third-order valence-electron chi connectivity index (χ3n) is 3.16. The van der Waals surface area contributed by atoms with E-state index in [1.807, 2.05) is 6.92 Å². The summed E-state index contributed by atoms with van der Waals surface area (Å²) in [4.78, 5) is 4.18. The monoisotopic (exact) mass is 329 g/mol. The van der Waals surface area contributed by atoms with Crippen LogP contribution in [0.2, 0.25) is 0 Å². The maximum absolute atomic E-state index is 13.3. The first-order valence-corrected chi connectivity index (χ1v) is 7.48. The lowest BCUT2D eigenvalue weighted by atomic mass is 10.1. The van der Waals surface area contributed by atoms with Gasteiger partial charge in [-0.1, -0.05) is 6.07 Å². The highest BCUT2D eigenvalue weighted by Crippen LogP contribution is 2.35. The van der Waals surface area contributed by atoms with Gasteiger partial charge in [0.1, 0.15) is 11.4 Å². The van der Waals surface area contributed by atoms with Crippen LogP contribution < -0.4 is 15.4 Å². The molecule has 2 rings (SSSR count). The van der Waals surface area contributed by atoms with Crippen molar-refractivity contribution >= 4 is 5.96 Å². The summed E-state index contributed by atoms with van der Waals surface area (Å²) in [5, 5.41) is 5.96. The fraction of sp³-hybridized carbons (Fsp3) is 0.562. The molecule has 0 spiro atoms. The maximum Gasteiger partial charge on any atom is 0.416 e. The fourth-order valence-corrected chi connectivity index (χ4v) is 2.23. The molecule has 1 aliphatic rings. The number of guanidine groups is 1. The molecule has 2 N–H and O–H groups in total. The molecule has 1 aromatic carbocycles. The summed E-state index contributed by atoms with van der Waals surface area (Å²) in [5.41, 5.74) is -1.09. The quantitative estimate of drug-likeness (QED) is 0.894. The van der Waals surface area contributed by atoms with Crippen molar-refractivity contribution in [2.45, 2.75) is 52.1 Å². The SMILES string of the molecule is CC1CN=C(NCc2ccc(OC(C)(C)C)cc2C(F)(F)F)N1. The van der Waals surface area contributed by atoms with E-state index in [0.29, 0.717) is 12.5 Å². The Morgan fingerprint density at radius 1 is 1.30 bits per heavy atom.